The molecule has 3 aromatic rings. The van der Waals surface area contributed by atoms with Crippen LogP contribution < -0.4 is 9.62 Å². The molecule has 0 spiro atoms. The van der Waals surface area contributed by atoms with Crippen LogP contribution in [0.15, 0.2) is 72.8 Å². The Balaban J connectivity index is 1.44. The molecular weight excluding hydrogens is 458 g/mol. The van der Waals surface area contributed by atoms with Gasteiger partial charge in [0.2, 0.25) is 0 Å². The molecule has 1 saturated carbocycles. The van der Waals surface area contributed by atoms with E-state index in [0.717, 1.165) is 29.5 Å². The smallest absolute Gasteiger partial charge is 0.251 e. The van der Waals surface area contributed by atoms with Gasteiger partial charge in [-0.15, -0.1) is 0 Å². The second-order valence-electron chi connectivity index (χ2n) is 8.90. The Labute approximate surface area is 209 Å². The molecule has 1 N–H and O–H groups in total. The van der Waals surface area contributed by atoms with E-state index in [1.165, 1.54) is 23.6 Å². The van der Waals surface area contributed by atoms with Crippen molar-refractivity contribution in [2.45, 2.75) is 38.6 Å². The number of rotatable bonds is 8. The fraction of sp³-hybridized carbons (Fsp3) is 0.286. The number of hydrogen-bond acceptors (Lipinski definition) is 4. The Bertz CT molecular complexity index is 1210. The lowest BCUT2D eigenvalue weighted by Crippen LogP contribution is -2.30. The highest BCUT2D eigenvalue weighted by Crippen LogP contribution is 2.26. The van der Waals surface area contributed by atoms with Gasteiger partial charge in [-0.2, -0.15) is 5.26 Å². The Morgan fingerprint density at radius 2 is 1.66 bits per heavy atom. The first-order chi connectivity index (χ1) is 17.0. The number of carbonyl (C=O) groups is 1. The largest absolute Gasteiger partial charge is 0.755 e. The van der Waals surface area contributed by atoms with Gasteiger partial charge in [0.15, 0.2) is 0 Å². The Kier molecular flexibility index (Phi) is 8.30. The molecule has 1 amide bonds. The van der Waals surface area contributed by atoms with Crippen molar-refractivity contribution in [3.8, 4) is 17.2 Å². The van der Waals surface area contributed by atoms with E-state index in [9.17, 15) is 13.6 Å². The molecule has 7 heteroatoms. The Morgan fingerprint density at radius 3 is 2.29 bits per heavy atom. The van der Waals surface area contributed by atoms with E-state index in [1.807, 2.05) is 30.3 Å². The van der Waals surface area contributed by atoms with E-state index < -0.39 is 11.3 Å². The highest BCUT2D eigenvalue weighted by atomic mass is 32.2. The number of nitrogens with zero attached hydrogens (tertiary/aromatic N) is 2. The molecule has 0 saturated heterocycles. The van der Waals surface area contributed by atoms with E-state index in [2.05, 4.69) is 11.4 Å². The summed E-state index contributed by atoms with van der Waals surface area (Å²) in [6, 6.07) is 23.6. The summed E-state index contributed by atoms with van der Waals surface area (Å²) >= 11 is -2.49. The summed E-state index contributed by atoms with van der Waals surface area (Å²) < 4.78 is 25.3. The molecule has 0 aromatic heterocycles. The Hall–Kier alpha value is -3.47. The summed E-state index contributed by atoms with van der Waals surface area (Å²) in [6.07, 6.45) is 6.06. The van der Waals surface area contributed by atoms with Crippen molar-refractivity contribution in [1.29, 1.82) is 5.26 Å². The highest BCUT2D eigenvalue weighted by Gasteiger charge is 2.16. The summed E-state index contributed by atoms with van der Waals surface area (Å²) in [5.74, 6) is 0.417. The van der Waals surface area contributed by atoms with Crippen LogP contribution in [-0.4, -0.2) is 21.2 Å². The quantitative estimate of drug-likeness (QED) is 0.435. The number of anilines is 1. The van der Waals surface area contributed by atoms with E-state index >= 15 is 0 Å². The van der Waals surface area contributed by atoms with Crippen molar-refractivity contribution in [3.05, 3.63) is 89.5 Å². The van der Waals surface area contributed by atoms with Gasteiger partial charge in [-0.1, -0.05) is 55.7 Å². The SMILES string of the molecule is N#Cc1ccc(-c2ccc(N(Cc3cccc(C(=O)NCC4CCCCC4)c3)S(=O)[O-])cc2)cc1. The standard InChI is InChI=1S/C28H29N3O3S/c29-18-21-9-11-24(12-10-21)25-13-15-27(16-14-25)31(35(33)34)20-23-7-4-8-26(17-23)28(32)30-19-22-5-2-1-3-6-22/h4,7-17,22H,1-3,5-6,19-20H2,(H,30,32)(H,33,34)/p-1. The van der Waals surface area contributed by atoms with E-state index in [-0.39, 0.29) is 12.5 Å². The molecule has 0 heterocycles. The minimum Gasteiger partial charge on any atom is -0.755 e. The average molecular weight is 487 g/mol. The number of nitriles is 1. The summed E-state index contributed by atoms with van der Waals surface area (Å²) in [5, 5.41) is 12.0. The molecule has 0 radical (unpaired) electrons. The second-order valence-corrected chi connectivity index (χ2v) is 9.78. The van der Waals surface area contributed by atoms with E-state index in [1.54, 1.807) is 42.5 Å². The predicted molar refractivity (Wildman–Crippen MR) is 137 cm³/mol. The lowest BCUT2D eigenvalue weighted by molar-refractivity contribution is 0.0943. The van der Waals surface area contributed by atoms with Gasteiger partial charge >= 0.3 is 0 Å². The van der Waals surface area contributed by atoms with E-state index in [4.69, 9.17) is 5.26 Å². The molecule has 1 fully saturated rings. The van der Waals surface area contributed by atoms with Crippen molar-refractivity contribution in [3.63, 3.8) is 0 Å². The zero-order valence-electron chi connectivity index (χ0n) is 19.5. The van der Waals surface area contributed by atoms with E-state index in [0.29, 0.717) is 29.3 Å². The third kappa shape index (κ3) is 6.56. The van der Waals surface area contributed by atoms with Gasteiger partial charge in [-0.25, -0.2) is 0 Å². The topological polar surface area (TPSA) is 96.3 Å². The zero-order chi connectivity index (χ0) is 24.6. The summed E-state index contributed by atoms with van der Waals surface area (Å²) in [5.41, 5.74) is 4.25. The molecule has 1 unspecified atom stereocenters. The number of nitrogens with one attached hydrogen (secondary N) is 1. The van der Waals surface area contributed by atoms with Crippen LogP contribution in [0.3, 0.4) is 0 Å². The van der Waals surface area contributed by atoms with Crippen LogP contribution in [0.4, 0.5) is 5.69 Å². The number of benzene rings is 3. The molecule has 1 aliphatic carbocycles. The van der Waals surface area contributed by atoms with Crippen LogP contribution in [0, 0.1) is 17.2 Å². The van der Waals surface area contributed by atoms with Crippen LogP contribution in [0.25, 0.3) is 11.1 Å². The molecule has 6 nitrogen and oxygen atoms in total. The molecule has 0 bridgehead atoms. The first-order valence-electron chi connectivity index (χ1n) is 11.9. The summed E-state index contributed by atoms with van der Waals surface area (Å²) in [6.45, 7) is 0.807. The summed E-state index contributed by atoms with van der Waals surface area (Å²) in [7, 11) is 0. The van der Waals surface area contributed by atoms with Crippen LogP contribution in [-0.2, 0) is 17.8 Å². The van der Waals surface area contributed by atoms with Gasteiger partial charge in [-0.3, -0.25) is 13.3 Å². The van der Waals surface area contributed by atoms with Gasteiger partial charge in [0.25, 0.3) is 5.91 Å². The first-order valence-corrected chi connectivity index (χ1v) is 12.9. The van der Waals surface area contributed by atoms with Crippen molar-refractivity contribution in [2.24, 2.45) is 5.92 Å². The zero-order valence-corrected chi connectivity index (χ0v) is 20.3. The minimum atomic E-state index is -2.49. The average Bonchev–Trinajstić information content (AvgIpc) is 2.91. The number of hydrogen-bond donors (Lipinski definition) is 1. The van der Waals surface area contributed by atoms with Crippen LogP contribution in [0.1, 0.15) is 53.6 Å². The van der Waals surface area contributed by atoms with Gasteiger partial charge in [0, 0.05) is 29.1 Å². The summed E-state index contributed by atoms with van der Waals surface area (Å²) in [4.78, 5) is 12.7. The van der Waals surface area contributed by atoms with Crippen LogP contribution in [0.2, 0.25) is 0 Å². The maximum absolute atomic E-state index is 12.7. The normalized spacial score (nSPS) is 14.6. The molecule has 3 aromatic carbocycles. The lowest BCUT2D eigenvalue weighted by Gasteiger charge is -2.27. The molecule has 1 atom stereocenters. The van der Waals surface area contributed by atoms with Crippen LogP contribution in [0.5, 0.6) is 0 Å². The van der Waals surface area contributed by atoms with Gasteiger partial charge in [-0.05, 0) is 71.8 Å². The van der Waals surface area contributed by atoms with Gasteiger partial charge in [0.05, 0.1) is 18.2 Å². The van der Waals surface area contributed by atoms with Gasteiger partial charge in [0.1, 0.15) is 0 Å². The Morgan fingerprint density at radius 1 is 1.00 bits per heavy atom. The van der Waals surface area contributed by atoms with Crippen LogP contribution >= 0.6 is 0 Å². The minimum absolute atomic E-state index is 0.121. The maximum atomic E-state index is 12.7. The lowest BCUT2D eigenvalue weighted by atomic mass is 9.89. The molecule has 35 heavy (non-hydrogen) atoms. The third-order valence-electron chi connectivity index (χ3n) is 6.47. The van der Waals surface area contributed by atoms with Crippen molar-refractivity contribution in [1.82, 2.24) is 5.32 Å². The predicted octanol–water partition coefficient (Wildman–Crippen LogP) is 5.34. The van der Waals surface area contributed by atoms with Gasteiger partial charge < -0.3 is 9.87 Å². The number of amides is 1. The highest BCUT2D eigenvalue weighted by molar-refractivity contribution is 7.80. The number of carbonyl (C=O) groups excluding carboxylic acids is 1. The molecule has 0 aliphatic heterocycles. The van der Waals surface area contributed by atoms with Crippen molar-refractivity contribution >= 4 is 22.9 Å². The molecule has 180 valence electrons. The second kappa shape index (κ2) is 11.8. The molecule has 1 aliphatic rings. The third-order valence-corrected chi connectivity index (χ3v) is 7.17. The van der Waals surface area contributed by atoms with Crippen molar-refractivity contribution in [2.75, 3.05) is 10.8 Å². The monoisotopic (exact) mass is 486 g/mol. The fourth-order valence-corrected chi connectivity index (χ4v) is 5.04. The maximum Gasteiger partial charge on any atom is 0.251 e. The molecule has 4 rings (SSSR count). The van der Waals surface area contributed by atoms with Crippen molar-refractivity contribution < 1.29 is 13.6 Å². The fourth-order valence-electron chi connectivity index (χ4n) is 4.49. The molecular formula is C28H28N3O3S-. The first kappa shape index (κ1) is 24.6.